The van der Waals surface area contributed by atoms with Crippen molar-refractivity contribution in [2.24, 2.45) is 0 Å². The lowest BCUT2D eigenvalue weighted by Crippen LogP contribution is -2.37. The molecule has 1 aromatic carbocycles. The van der Waals surface area contributed by atoms with Gasteiger partial charge in [0.25, 0.3) is 0 Å². The number of nitrogens with one attached hydrogen (secondary N) is 1. The van der Waals surface area contributed by atoms with Crippen LogP contribution < -0.4 is 5.32 Å². The monoisotopic (exact) mass is 355 g/mol. The van der Waals surface area contributed by atoms with Crippen LogP contribution in [-0.2, 0) is 6.54 Å². The van der Waals surface area contributed by atoms with E-state index in [2.05, 4.69) is 42.0 Å². The van der Waals surface area contributed by atoms with Crippen LogP contribution in [0.1, 0.15) is 33.0 Å². The molecule has 2 nitrogen and oxygen atoms in total. The Morgan fingerprint density at radius 1 is 1.25 bits per heavy atom. The number of halogens is 2. The summed E-state index contributed by atoms with van der Waals surface area (Å²) in [5, 5.41) is 4.16. The van der Waals surface area contributed by atoms with Gasteiger partial charge in [0, 0.05) is 15.6 Å². The van der Waals surface area contributed by atoms with Gasteiger partial charge >= 0.3 is 0 Å². The molecule has 108 valence electrons. The van der Waals surface area contributed by atoms with Crippen molar-refractivity contribution in [2.75, 3.05) is 0 Å². The van der Waals surface area contributed by atoms with E-state index in [0.717, 1.165) is 34.5 Å². The molecule has 4 heteroatoms. The Bertz CT molecular complexity index is 592. The van der Waals surface area contributed by atoms with Gasteiger partial charge in [0.2, 0.25) is 0 Å². The van der Waals surface area contributed by atoms with Crippen molar-refractivity contribution in [1.82, 2.24) is 5.32 Å². The molecule has 0 aliphatic heterocycles. The van der Waals surface area contributed by atoms with E-state index in [9.17, 15) is 0 Å². The smallest absolute Gasteiger partial charge is 0.135 e. The lowest BCUT2D eigenvalue weighted by molar-refractivity contribution is 0.353. The van der Waals surface area contributed by atoms with E-state index in [0.29, 0.717) is 5.02 Å². The molecule has 0 aliphatic rings. The van der Waals surface area contributed by atoms with E-state index < -0.39 is 0 Å². The minimum atomic E-state index is 0.113. The highest BCUT2D eigenvalue weighted by Crippen LogP contribution is 2.31. The van der Waals surface area contributed by atoms with Crippen LogP contribution in [0.3, 0.4) is 0 Å². The van der Waals surface area contributed by atoms with E-state index in [1.165, 1.54) is 0 Å². The van der Waals surface area contributed by atoms with Crippen LogP contribution in [0.5, 0.6) is 0 Å². The van der Waals surface area contributed by atoms with Gasteiger partial charge in [0.05, 0.1) is 11.6 Å². The number of benzene rings is 1. The van der Waals surface area contributed by atoms with E-state index in [1.807, 2.05) is 30.3 Å². The van der Waals surface area contributed by atoms with Gasteiger partial charge in [-0.25, -0.2) is 0 Å². The Kier molecular flexibility index (Phi) is 4.95. The largest absolute Gasteiger partial charge is 0.460 e. The van der Waals surface area contributed by atoms with Crippen molar-refractivity contribution in [2.45, 2.75) is 39.3 Å². The van der Waals surface area contributed by atoms with Crippen LogP contribution in [0.2, 0.25) is 5.02 Å². The molecule has 0 fully saturated rings. The Hall–Kier alpha value is -0.770. The van der Waals surface area contributed by atoms with Crippen LogP contribution in [0.25, 0.3) is 11.3 Å². The predicted octanol–water partition coefficient (Wildman–Crippen LogP) is 5.64. The molecule has 0 saturated heterocycles. The van der Waals surface area contributed by atoms with Crippen molar-refractivity contribution in [3.05, 3.63) is 45.6 Å². The van der Waals surface area contributed by atoms with E-state index >= 15 is 0 Å². The molecular weight excluding hydrogens is 338 g/mol. The van der Waals surface area contributed by atoms with Crippen molar-refractivity contribution >= 4 is 27.5 Å². The fourth-order valence-corrected chi connectivity index (χ4v) is 2.52. The van der Waals surface area contributed by atoms with Crippen molar-refractivity contribution < 1.29 is 4.42 Å². The molecule has 0 unspecified atom stereocenters. The molecule has 0 aliphatic carbocycles. The fourth-order valence-electron chi connectivity index (χ4n) is 1.76. The molecule has 1 N–H and O–H groups in total. The quantitative estimate of drug-likeness (QED) is 0.750. The third-order valence-electron chi connectivity index (χ3n) is 3.48. The SMILES string of the molecule is CCC(C)(C)NCc1ccc(-c2ccc(Br)cc2Cl)o1. The summed E-state index contributed by atoms with van der Waals surface area (Å²) in [6.07, 6.45) is 1.07. The molecule has 0 bridgehead atoms. The van der Waals surface area contributed by atoms with Crippen molar-refractivity contribution in [1.29, 1.82) is 0 Å². The van der Waals surface area contributed by atoms with Crippen LogP contribution in [-0.4, -0.2) is 5.54 Å². The zero-order chi connectivity index (χ0) is 14.8. The number of hydrogen-bond donors (Lipinski definition) is 1. The Morgan fingerprint density at radius 3 is 2.65 bits per heavy atom. The maximum atomic E-state index is 6.24. The zero-order valence-electron chi connectivity index (χ0n) is 12.0. The lowest BCUT2D eigenvalue weighted by atomic mass is 10.0. The molecule has 2 rings (SSSR count). The van der Waals surface area contributed by atoms with Crippen LogP contribution in [0.4, 0.5) is 0 Å². The molecule has 20 heavy (non-hydrogen) atoms. The molecule has 0 saturated carbocycles. The first kappa shape index (κ1) is 15.6. The van der Waals surface area contributed by atoms with E-state index in [-0.39, 0.29) is 5.54 Å². The molecule has 2 aromatic rings. The van der Waals surface area contributed by atoms with Gasteiger partial charge in [-0.1, -0.05) is 34.5 Å². The minimum absolute atomic E-state index is 0.113. The highest BCUT2D eigenvalue weighted by atomic mass is 79.9. The third-order valence-corrected chi connectivity index (χ3v) is 4.29. The van der Waals surface area contributed by atoms with Crippen molar-refractivity contribution in [3.8, 4) is 11.3 Å². The average Bonchev–Trinajstić information content (AvgIpc) is 2.85. The van der Waals surface area contributed by atoms with Crippen molar-refractivity contribution in [3.63, 3.8) is 0 Å². The van der Waals surface area contributed by atoms with Gasteiger partial charge in [-0.3, -0.25) is 0 Å². The second-order valence-corrected chi connectivity index (χ2v) is 6.80. The average molecular weight is 357 g/mol. The molecule has 0 spiro atoms. The highest BCUT2D eigenvalue weighted by molar-refractivity contribution is 9.10. The summed E-state index contributed by atoms with van der Waals surface area (Å²) >= 11 is 9.64. The summed E-state index contributed by atoms with van der Waals surface area (Å²) in [4.78, 5) is 0. The maximum absolute atomic E-state index is 6.24. The van der Waals surface area contributed by atoms with Gasteiger partial charge in [0.1, 0.15) is 11.5 Å². The third kappa shape index (κ3) is 3.87. The van der Waals surface area contributed by atoms with E-state index in [4.69, 9.17) is 16.0 Å². The Morgan fingerprint density at radius 2 is 2.00 bits per heavy atom. The molecule has 0 atom stereocenters. The van der Waals surface area contributed by atoms with E-state index in [1.54, 1.807) is 0 Å². The maximum Gasteiger partial charge on any atom is 0.135 e. The lowest BCUT2D eigenvalue weighted by Gasteiger charge is -2.23. The molecule has 0 radical (unpaired) electrons. The van der Waals surface area contributed by atoms with Gasteiger partial charge in [-0.05, 0) is 50.6 Å². The first-order chi connectivity index (χ1) is 9.41. The molecular formula is C16H19BrClNO. The summed E-state index contributed by atoms with van der Waals surface area (Å²) < 4.78 is 6.83. The minimum Gasteiger partial charge on any atom is -0.460 e. The Balaban J connectivity index is 2.13. The van der Waals surface area contributed by atoms with Gasteiger partial charge < -0.3 is 9.73 Å². The number of furan rings is 1. The van der Waals surface area contributed by atoms with Gasteiger partial charge in [-0.15, -0.1) is 0 Å². The summed E-state index contributed by atoms with van der Waals surface area (Å²) in [6, 6.07) is 9.75. The number of hydrogen-bond acceptors (Lipinski definition) is 2. The molecule has 1 aromatic heterocycles. The van der Waals surface area contributed by atoms with Gasteiger partial charge in [0.15, 0.2) is 0 Å². The van der Waals surface area contributed by atoms with Crippen LogP contribution in [0, 0.1) is 0 Å². The summed E-state index contributed by atoms with van der Waals surface area (Å²) in [6.45, 7) is 7.25. The second-order valence-electron chi connectivity index (χ2n) is 5.48. The summed E-state index contributed by atoms with van der Waals surface area (Å²) in [5.41, 5.74) is 1.03. The zero-order valence-corrected chi connectivity index (χ0v) is 14.3. The predicted molar refractivity (Wildman–Crippen MR) is 88.1 cm³/mol. The summed E-state index contributed by atoms with van der Waals surface area (Å²) in [5.74, 6) is 1.72. The summed E-state index contributed by atoms with van der Waals surface area (Å²) in [7, 11) is 0. The normalized spacial score (nSPS) is 11.8. The first-order valence-electron chi connectivity index (χ1n) is 6.70. The number of rotatable bonds is 5. The Labute approximate surface area is 133 Å². The topological polar surface area (TPSA) is 25.2 Å². The van der Waals surface area contributed by atoms with Crippen LogP contribution >= 0.6 is 27.5 Å². The molecule has 1 heterocycles. The second kappa shape index (κ2) is 6.33. The first-order valence-corrected chi connectivity index (χ1v) is 7.87. The van der Waals surface area contributed by atoms with Gasteiger partial charge in [-0.2, -0.15) is 0 Å². The molecule has 0 amide bonds. The highest BCUT2D eigenvalue weighted by Gasteiger charge is 2.15. The van der Waals surface area contributed by atoms with Crippen LogP contribution in [0.15, 0.2) is 39.2 Å². The standard InChI is InChI=1S/C16H19BrClNO/c1-4-16(2,3)19-10-12-6-8-15(20-12)13-7-5-11(17)9-14(13)18/h5-9,19H,4,10H2,1-3H3. The fraction of sp³-hybridized carbons (Fsp3) is 0.375.